The number of anilines is 2. The van der Waals surface area contributed by atoms with Gasteiger partial charge in [-0.2, -0.15) is 0 Å². The Hall–Kier alpha value is -3.91. The molecule has 3 aromatic carbocycles. The standard InChI is InChI=1S/C30H32ClFN4O3/c1-20(2)17-28(37)36-15-13-35(14-16-36)27-12-11-25(34-29(38)22-5-7-23(31)8-6-22)18-26(27)30(39)33-19-21-3-9-24(32)10-4-21/h3-12,18,20H,13-17,19H2,1-2H3,(H,33,39)(H,34,38). The van der Waals surface area contributed by atoms with Crippen molar-refractivity contribution in [2.24, 2.45) is 5.92 Å². The average Bonchev–Trinajstić information content (AvgIpc) is 2.92. The molecule has 39 heavy (non-hydrogen) atoms. The van der Waals surface area contributed by atoms with Crippen molar-refractivity contribution in [1.82, 2.24) is 10.2 Å². The van der Waals surface area contributed by atoms with Crippen LogP contribution in [-0.2, 0) is 11.3 Å². The normalized spacial score (nSPS) is 13.4. The van der Waals surface area contributed by atoms with Crippen LogP contribution < -0.4 is 15.5 Å². The maximum atomic E-state index is 13.4. The smallest absolute Gasteiger partial charge is 0.255 e. The second-order valence-electron chi connectivity index (χ2n) is 9.97. The van der Waals surface area contributed by atoms with Crippen molar-refractivity contribution in [2.75, 3.05) is 36.4 Å². The van der Waals surface area contributed by atoms with Crippen LogP contribution in [0.5, 0.6) is 0 Å². The summed E-state index contributed by atoms with van der Waals surface area (Å²) in [5.74, 6) is -0.558. The Balaban J connectivity index is 1.53. The summed E-state index contributed by atoms with van der Waals surface area (Å²) in [6, 6.07) is 17.7. The molecule has 0 unspecified atom stereocenters. The Morgan fingerprint density at radius 2 is 1.56 bits per heavy atom. The zero-order valence-electron chi connectivity index (χ0n) is 22.0. The number of halogens is 2. The molecule has 1 fully saturated rings. The van der Waals surface area contributed by atoms with Gasteiger partial charge in [-0.25, -0.2) is 4.39 Å². The van der Waals surface area contributed by atoms with Crippen LogP contribution in [0.4, 0.5) is 15.8 Å². The minimum absolute atomic E-state index is 0.141. The van der Waals surface area contributed by atoms with Gasteiger partial charge in [-0.3, -0.25) is 14.4 Å². The van der Waals surface area contributed by atoms with E-state index in [1.54, 1.807) is 48.5 Å². The third kappa shape index (κ3) is 7.57. The van der Waals surface area contributed by atoms with Gasteiger partial charge in [0.15, 0.2) is 0 Å². The second-order valence-corrected chi connectivity index (χ2v) is 10.4. The molecule has 3 aromatic rings. The Bertz CT molecular complexity index is 1320. The lowest BCUT2D eigenvalue weighted by Crippen LogP contribution is -2.49. The highest BCUT2D eigenvalue weighted by Gasteiger charge is 2.25. The van der Waals surface area contributed by atoms with Crippen molar-refractivity contribution in [3.8, 4) is 0 Å². The minimum atomic E-state index is -0.345. The first kappa shape index (κ1) is 28.1. The van der Waals surface area contributed by atoms with Gasteiger partial charge in [0.1, 0.15) is 5.82 Å². The number of hydrogen-bond donors (Lipinski definition) is 2. The molecule has 0 radical (unpaired) electrons. The van der Waals surface area contributed by atoms with E-state index in [0.717, 1.165) is 5.56 Å². The highest BCUT2D eigenvalue weighted by atomic mass is 35.5. The van der Waals surface area contributed by atoms with Crippen molar-refractivity contribution >= 4 is 40.7 Å². The van der Waals surface area contributed by atoms with Crippen LogP contribution in [0.3, 0.4) is 0 Å². The fraction of sp³-hybridized carbons (Fsp3) is 0.300. The molecule has 0 atom stereocenters. The molecule has 0 spiro atoms. The molecule has 0 aromatic heterocycles. The van der Waals surface area contributed by atoms with Gasteiger partial charge in [0.25, 0.3) is 11.8 Å². The van der Waals surface area contributed by atoms with Crippen molar-refractivity contribution < 1.29 is 18.8 Å². The molecule has 2 N–H and O–H groups in total. The Morgan fingerprint density at radius 1 is 0.897 bits per heavy atom. The van der Waals surface area contributed by atoms with Gasteiger partial charge in [-0.1, -0.05) is 37.6 Å². The predicted molar refractivity (Wildman–Crippen MR) is 152 cm³/mol. The number of carbonyl (C=O) groups excluding carboxylic acids is 3. The zero-order chi connectivity index (χ0) is 27.9. The largest absolute Gasteiger partial charge is 0.367 e. The van der Waals surface area contributed by atoms with E-state index in [4.69, 9.17) is 11.6 Å². The minimum Gasteiger partial charge on any atom is -0.367 e. The summed E-state index contributed by atoms with van der Waals surface area (Å²) in [7, 11) is 0. The molecule has 4 rings (SSSR count). The van der Waals surface area contributed by atoms with Crippen LogP contribution >= 0.6 is 11.6 Å². The molecule has 1 saturated heterocycles. The van der Waals surface area contributed by atoms with E-state index >= 15 is 0 Å². The summed E-state index contributed by atoms with van der Waals surface area (Å²) < 4.78 is 13.3. The van der Waals surface area contributed by atoms with Gasteiger partial charge in [0, 0.05) is 61.1 Å². The summed E-state index contributed by atoms with van der Waals surface area (Å²) >= 11 is 5.93. The summed E-state index contributed by atoms with van der Waals surface area (Å²) in [5.41, 5.74) is 2.78. The average molecular weight is 551 g/mol. The lowest BCUT2D eigenvalue weighted by atomic mass is 10.1. The Kier molecular flexibility index (Phi) is 9.19. The van der Waals surface area contributed by atoms with Crippen LogP contribution in [-0.4, -0.2) is 48.8 Å². The highest BCUT2D eigenvalue weighted by molar-refractivity contribution is 6.30. The summed E-state index contributed by atoms with van der Waals surface area (Å²) in [6.45, 7) is 6.57. The number of carbonyl (C=O) groups is 3. The summed E-state index contributed by atoms with van der Waals surface area (Å²) in [5, 5.41) is 6.28. The van der Waals surface area contributed by atoms with Crippen molar-refractivity contribution in [3.63, 3.8) is 0 Å². The maximum Gasteiger partial charge on any atom is 0.255 e. The van der Waals surface area contributed by atoms with E-state index < -0.39 is 0 Å². The number of rotatable bonds is 8. The molecule has 9 heteroatoms. The molecule has 0 aliphatic carbocycles. The Labute approximate surface area is 232 Å². The molecule has 0 bridgehead atoms. The van der Waals surface area contributed by atoms with Gasteiger partial charge in [0.05, 0.1) is 5.56 Å². The first-order chi connectivity index (χ1) is 18.7. The van der Waals surface area contributed by atoms with Crippen molar-refractivity contribution in [2.45, 2.75) is 26.8 Å². The topological polar surface area (TPSA) is 81.8 Å². The van der Waals surface area contributed by atoms with E-state index in [2.05, 4.69) is 15.5 Å². The molecule has 204 valence electrons. The molecular formula is C30H32ClFN4O3. The van der Waals surface area contributed by atoms with Gasteiger partial charge < -0.3 is 20.4 Å². The van der Waals surface area contributed by atoms with E-state index in [0.29, 0.717) is 66.0 Å². The van der Waals surface area contributed by atoms with Crippen molar-refractivity contribution in [1.29, 1.82) is 0 Å². The Morgan fingerprint density at radius 3 is 2.21 bits per heavy atom. The van der Waals surface area contributed by atoms with Gasteiger partial charge >= 0.3 is 0 Å². The highest BCUT2D eigenvalue weighted by Crippen LogP contribution is 2.27. The van der Waals surface area contributed by atoms with Crippen LogP contribution in [0, 0.1) is 11.7 Å². The number of piperazine rings is 1. The number of nitrogens with zero attached hydrogens (tertiary/aromatic N) is 2. The van der Waals surface area contributed by atoms with Crippen LogP contribution in [0.15, 0.2) is 66.7 Å². The van der Waals surface area contributed by atoms with Crippen LogP contribution in [0.2, 0.25) is 5.02 Å². The second kappa shape index (κ2) is 12.8. The zero-order valence-corrected chi connectivity index (χ0v) is 22.8. The van der Waals surface area contributed by atoms with Gasteiger partial charge in [0.2, 0.25) is 5.91 Å². The first-order valence-corrected chi connectivity index (χ1v) is 13.3. The number of benzene rings is 3. The SMILES string of the molecule is CC(C)CC(=O)N1CCN(c2ccc(NC(=O)c3ccc(Cl)cc3)cc2C(=O)NCc2ccc(F)cc2)CC1. The molecule has 3 amide bonds. The molecular weight excluding hydrogens is 519 g/mol. The fourth-order valence-corrected chi connectivity index (χ4v) is 4.56. The van der Waals surface area contributed by atoms with Crippen molar-refractivity contribution in [3.05, 3.63) is 94.3 Å². The van der Waals surface area contributed by atoms with Crippen LogP contribution in [0.25, 0.3) is 0 Å². The lowest BCUT2D eigenvalue weighted by molar-refractivity contribution is -0.132. The van der Waals surface area contributed by atoms with E-state index in [-0.39, 0.29) is 30.1 Å². The van der Waals surface area contributed by atoms with Gasteiger partial charge in [-0.05, 0) is 66.1 Å². The fourth-order valence-electron chi connectivity index (χ4n) is 4.43. The molecule has 1 aliphatic heterocycles. The molecule has 1 heterocycles. The summed E-state index contributed by atoms with van der Waals surface area (Å²) in [4.78, 5) is 42.6. The molecule has 1 aliphatic rings. The quantitative estimate of drug-likeness (QED) is 0.396. The summed E-state index contributed by atoms with van der Waals surface area (Å²) in [6.07, 6.45) is 0.513. The van der Waals surface area contributed by atoms with Crippen LogP contribution in [0.1, 0.15) is 46.5 Å². The van der Waals surface area contributed by atoms with E-state index in [1.165, 1.54) is 12.1 Å². The third-order valence-electron chi connectivity index (χ3n) is 6.53. The monoisotopic (exact) mass is 550 g/mol. The lowest BCUT2D eigenvalue weighted by Gasteiger charge is -2.37. The van der Waals surface area contributed by atoms with E-state index in [9.17, 15) is 18.8 Å². The van der Waals surface area contributed by atoms with Gasteiger partial charge in [-0.15, -0.1) is 0 Å². The molecule has 7 nitrogen and oxygen atoms in total. The predicted octanol–water partition coefficient (Wildman–Crippen LogP) is 5.36. The first-order valence-electron chi connectivity index (χ1n) is 13.0. The molecule has 0 saturated carbocycles. The number of hydrogen-bond acceptors (Lipinski definition) is 4. The van der Waals surface area contributed by atoms with E-state index in [1.807, 2.05) is 24.8 Å². The number of nitrogens with one attached hydrogen (secondary N) is 2. The third-order valence-corrected chi connectivity index (χ3v) is 6.78. The maximum absolute atomic E-state index is 13.4. The number of amides is 3.